The third kappa shape index (κ3) is 3.98. The molecular weight excluding hydrogens is 661 g/mol. The summed E-state index contributed by atoms with van der Waals surface area (Å²) in [4.78, 5) is 40.0. The lowest BCUT2D eigenvalue weighted by Gasteiger charge is -2.28. The first kappa shape index (κ1) is 31.0. The van der Waals surface area contributed by atoms with E-state index in [0.717, 1.165) is 25.8 Å². The van der Waals surface area contributed by atoms with Gasteiger partial charge in [-0.2, -0.15) is 21.0 Å². The molecule has 2 aromatic carbocycles. The Morgan fingerprint density at radius 1 is 0.640 bits per heavy atom. The summed E-state index contributed by atoms with van der Waals surface area (Å²) in [5.74, 6) is -0.632. The van der Waals surface area contributed by atoms with Crippen molar-refractivity contribution in [2.24, 2.45) is 9.98 Å². The minimum absolute atomic E-state index is 0.0942. The maximum absolute atomic E-state index is 13.6. The number of ketones is 2. The Morgan fingerprint density at radius 3 is 1.66 bits per heavy atom. The van der Waals surface area contributed by atoms with E-state index in [-0.39, 0.29) is 45.3 Å². The normalized spacial score (nSPS) is 18.4. The Morgan fingerprint density at radius 2 is 1.14 bits per heavy atom. The molecule has 0 bridgehead atoms. The minimum Gasteiger partial charge on any atom is -0.287 e. The van der Waals surface area contributed by atoms with Crippen LogP contribution in [-0.2, 0) is 10.8 Å². The molecule has 8 nitrogen and oxygen atoms in total. The van der Waals surface area contributed by atoms with E-state index in [1.54, 1.807) is 59.9 Å². The zero-order valence-corrected chi connectivity index (χ0v) is 28.7. The van der Waals surface area contributed by atoms with Crippen LogP contribution in [0.1, 0.15) is 81.1 Å². The van der Waals surface area contributed by atoms with Gasteiger partial charge in [0.15, 0.2) is 0 Å². The van der Waals surface area contributed by atoms with Gasteiger partial charge in [-0.3, -0.25) is 9.59 Å². The Hall–Kier alpha value is -6.30. The number of thiophene rings is 2. The molecule has 236 valence electrons. The molecule has 2 heterocycles. The highest BCUT2D eigenvalue weighted by molar-refractivity contribution is 7.25. The molecule has 0 spiro atoms. The number of nitrogens with zero attached hydrogens (tertiary/aromatic N) is 6. The average Bonchev–Trinajstić information content (AvgIpc) is 3.91. The topological polar surface area (TPSA) is 154 Å². The van der Waals surface area contributed by atoms with Crippen LogP contribution in [0.4, 0.5) is 5.00 Å². The second-order valence-electron chi connectivity index (χ2n) is 13.3. The summed E-state index contributed by atoms with van der Waals surface area (Å²) in [6.45, 7) is 8.46. The summed E-state index contributed by atoms with van der Waals surface area (Å²) in [6.07, 6.45) is 2.00. The van der Waals surface area contributed by atoms with Gasteiger partial charge < -0.3 is 0 Å². The van der Waals surface area contributed by atoms with Gasteiger partial charge in [0.05, 0.1) is 10.6 Å². The molecule has 0 amide bonds. The van der Waals surface area contributed by atoms with Gasteiger partial charge in [-0.25, -0.2) is 9.98 Å². The predicted molar refractivity (Wildman–Crippen MR) is 193 cm³/mol. The van der Waals surface area contributed by atoms with Gasteiger partial charge in [-0.05, 0) is 40.0 Å². The highest BCUT2D eigenvalue weighted by atomic mass is 32.1. The zero-order valence-electron chi connectivity index (χ0n) is 27.1. The molecule has 0 radical (unpaired) electrons. The number of hydrogen-bond donors (Lipinski definition) is 0. The standard InChI is InChI=1S/C40H22N6O2S2/c1-39(2)25-13-28(46-34-30(20(17-43)18-44)22-10-6-8-12-24(22)36(34)48)50-37(25)38-32(39)31-26(49-38)14-27(40(31,3)4)45-33-29(19(15-41)16-42)21-9-5-7-11-23(21)35(33)47/h5-14H,1-4H3. The highest BCUT2D eigenvalue weighted by Gasteiger charge is 2.49. The van der Waals surface area contributed by atoms with E-state index in [9.17, 15) is 30.6 Å². The molecule has 8 rings (SSSR count). The molecule has 4 aliphatic carbocycles. The molecule has 50 heavy (non-hydrogen) atoms. The second-order valence-corrected chi connectivity index (χ2v) is 15.4. The number of hydrogen-bond acceptors (Lipinski definition) is 10. The van der Waals surface area contributed by atoms with Crippen LogP contribution in [0.3, 0.4) is 0 Å². The Labute approximate surface area is 295 Å². The Balaban J connectivity index is 1.24. The molecule has 0 saturated heterocycles. The van der Waals surface area contributed by atoms with E-state index in [2.05, 4.69) is 27.7 Å². The maximum atomic E-state index is 13.6. The molecule has 0 fully saturated rings. The van der Waals surface area contributed by atoms with Crippen molar-refractivity contribution in [1.29, 1.82) is 21.0 Å². The van der Waals surface area contributed by atoms with Gasteiger partial charge in [-0.15, -0.1) is 22.7 Å². The first-order valence-electron chi connectivity index (χ1n) is 15.6. The van der Waals surface area contributed by atoms with Crippen molar-refractivity contribution in [2.45, 2.75) is 38.5 Å². The molecule has 4 aromatic rings. The smallest absolute Gasteiger partial charge is 0.212 e. The van der Waals surface area contributed by atoms with E-state index in [0.29, 0.717) is 33.0 Å². The van der Waals surface area contributed by atoms with E-state index >= 15 is 0 Å². The lowest BCUT2D eigenvalue weighted by Crippen LogP contribution is -2.24. The molecule has 0 aliphatic heterocycles. The van der Waals surface area contributed by atoms with Crippen LogP contribution in [0.15, 0.2) is 81.4 Å². The third-order valence-electron chi connectivity index (χ3n) is 9.88. The molecule has 0 saturated carbocycles. The summed E-state index contributed by atoms with van der Waals surface area (Å²) < 4.78 is 0. The monoisotopic (exact) mass is 682 g/mol. The number of aliphatic imine (C=N–C) groups is 2. The highest BCUT2D eigenvalue weighted by Crippen LogP contribution is 2.63. The van der Waals surface area contributed by atoms with Crippen molar-refractivity contribution < 1.29 is 9.59 Å². The predicted octanol–water partition coefficient (Wildman–Crippen LogP) is 8.66. The SMILES string of the molecule is CC1(C)C(N=C2C(=O)c3ccccc3C2=C(C#N)C#N)=Cc2sc3c(c21)C(C)(C)c1cc(N=C2C(=O)c4ccccc4C2=C(C#N)C#N)sc1-3. The van der Waals surface area contributed by atoms with Crippen LogP contribution in [0.25, 0.3) is 27.0 Å². The fraction of sp³-hybridized carbons (Fsp3) is 0.150. The van der Waals surface area contributed by atoms with Gasteiger partial charge in [0, 0.05) is 42.9 Å². The molecule has 4 aliphatic rings. The quantitative estimate of drug-likeness (QED) is 0.193. The number of allylic oxidation sites excluding steroid dienone is 5. The summed E-state index contributed by atoms with van der Waals surface area (Å²) in [6, 6.07) is 23.7. The molecule has 0 atom stereocenters. The van der Waals surface area contributed by atoms with Crippen LogP contribution in [0.2, 0.25) is 0 Å². The summed E-state index contributed by atoms with van der Waals surface area (Å²) in [7, 11) is 0. The number of nitriles is 4. The van der Waals surface area contributed by atoms with Crippen molar-refractivity contribution in [3.63, 3.8) is 0 Å². The van der Waals surface area contributed by atoms with Crippen LogP contribution in [0.5, 0.6) is 0 Å². The minimum atomic E-state index is -0.604. The summed E-state index contributed by atoms with van der Waals surface area (Å²) in [5, 5.41) is 39.6. The molecule has 0 N–H and O–H groups in total. The maximum Gasteiger partial charge on any atom is 0.212 e. The Bertz CT molecular complexity index is 2650. The number of Topliss-reactive ketones (excluding diaryl/α,β-unsaturated/α-hetero) is 2. The van der Waals surface area contributed by atoms with Gasteiger partial charge in [-0.1, -0.05) is 76.2 Å². The number of carbonyl (C=O) groups is 2. The van der Waals surface area contributed by atoms with Crippen molar-refractivity contribution in [2.75, 3.05) is 0 Å². The van der Waals surface area contributed by atoms with Crippen LogP contribution in [-0.4, -0.2) is 23.0 Å². The molecule has 0 unspecified atom stereocenters. The van der Waals surface area contributed by atoms with Crippen LogP contribution < -0.4 is 0 Å². The van der Waals surface area contributed by atoms with Crippen molar-refractivity contribution >= 4 is 67.9 Å². The number of carbonyl (C=O) groups excluding carboxylic acids is 2. The van der Waals surface area contributed by atoms with Gasteiger partial charge in [0.25, 0.3) is 0 Å². The van der Waals surface area contributed by atoms with Crippen LogP contribution >= 0.6 is 22.7 Å². The van der Waals surface area contributed by atoms with E-state index in [1.807, 2.05) is 36.4 Å². The van der Waals surface area contributed by atoms with Crippen molar-refractivity contribution in [3.8, 4) is 34.0 Å². The van der Waals surface area contributed by atoms with Gasteiger partial charge in [0.2, 0.25) is 11.6 Å². The zero-order chi connectivity index (χ0) is 35.3. The molecule has 10 heteroatoms. The number of benzene rings is 2. The lowest BCUT2D eigenvalue weighted by molar-refractivity contribution is 0.106. The fourth-order valence-electron chi connectivity index (χ4n) is 7.49. The molecular formula is C40H22N6O2S2. The third-order valence-corrected chi connectivity index (χ3v) is 12.2. The number of rotatable bonds is 2. The summed E-state index contributed by atoms with van der Waals surface area (Å²) >= 11 is 3.11. The van der Waals surface area contributed by atoms with E-state index < -0.39 is 10.8 Å². The summed E-state index contributed by atoms with van der Waals surface area (Å²) in [5.41, 5.74) is 5.31. The van der Waals surface area contributed by atoms with E-state index in [4.69, 9.17) is 9.98 Å². The average molecular weight is 683 g/mol. The fourth-order valence-corrected chi connectivity index (χ4v) is 10.4. The largest absolute Gasteiger partial charge is 0.287 e. The Kier molecular flexibility index (Phi) is 6.57. The lowest BCUT2D eigenvalue weighted by atomic mass is 9.75. The molecule has 2 aromatic heterocycles. The van der Waals surface area contributed by atoms with Crippen molar-refractivity contribution in [1.82, 2.24) is 0 Å². The van der Waals surface area contributed by atoms with E-state index in [1.165, 1.54) is 16.9 Å². The van der Waals surface area contributed by atoms with Gasteiger partial charge >= 0.3 is 0 Å². The van der Waals surface area contributed by atoms with Crippen LogP contribution in [0, 0.1) is 45.3 Å². The first-order valence-corrected chi connectivity index (χ1v) is 17.2. The first-order chi connectivity index (χ1) is 24.0. The van der Waals surface area contributed by atoms with Gasteiger partial charge in [0.1, 0.15) is 51.8 Å². The number of fused-ring (bicyclic) bond motifs is 7. The van der Waals surface area contributed by atoms with Crippen molar-refractivity contribution in [3.05, 3.63) is 115 Å². The second kappa shape index (κ2) is 10.6.